The van der Waals surface area contributed by atoms with Crippen LogP contribution in [0.1, 0.15) is 52.7 Å². The van der Waals surface area contributed by atoms with Gasteiger partial charge in [0.15, 0.2) is 5.69 Å². The molecular weight excluding hydrogens is 266 g/mol. The minimum Gasteiger partial charge on any atom is -0.469 e. The number of aryl methyl sites for hydroxylation is 1. The number of nitrogens with one attached hydrogen (secondary N) is 1. The second-order valence-electron chi connectivity index (χ2n) is 5.99. The van der Waals surface area contributed by atoms with Crippen molar-refractivity contribution in [3.63, 3.8) is 0 Å². The highest BCUT2D eigenvalue weighted by Crippen LogP contribution is 2.30. The number of aromatic nitrogens is 2. The second-order valence-corrected chi connectivity index (χ2v) is 5.99. The van der Waals surface area contributed by atoms with Crippen LogP contribution in [0.3, 0.4) is 0 Å². The first-order valence-electron chi connectivity index (χ1n) is 7.71. The molecule has 110 valence electrons. The number of aromatic amines is 1. The van der Waals surface area contributed by atoms with Crippen LogP contribution in [0, 0.1) is 0 Å². The van der Waals surface area contributed by atoms with Crippen LogP contribution in [0.2, 0.25) is 0 Å². The zero-order valence-electron chi connectivity index (χ0n) is 12.0. The van der Waals surface area contributed by atoms with Gasteiger partial charge in [0, 0.05) is 30.3 Å². The number of nitrogens with zero attached hydrogens (tertiary/aromatic N) is 2. The van der Waals surface area contributed by atoms with E-state index < -0.39 is 0 Å². The summed E-state index contributed by atoms with van der Waals surface area (Å²) in [4.78, 5) is 14.6. The van der Waals surface area contributed by atoms with Crippen LogP contribution >= 0.6 is 0 Å². The van der Waals surface area contributed by atoms with E-state index >= 15 is 0 Å². The highest BCUT2D eigenvalue weighted by Gasteiger charge is 2.32. The van der Waals surface area contributed by atoms with Gasteiger partial charge in [-0.2, -0.15) is 5.10 Å². The number of hydrogen-bond donors (Lipinski definition) is 1. The van der Waals surface area contributed by atoms with Gasteiger partial charge < -0.3 is 9.32 Å². The average Bonchev–Trinajstić information content (AvgIpc) is 3.25. The van der Waals surface area contributed by atoms with Gasteiger partial charge in [-0.05, 0) is 44.2 Å². The predicted octanol–water partition coefficient (Wildman–Crippen LogP) is 2.51. The van der Waals surface area contributed by atoms with Gasteiger partial charge in [0.05, 0.1) is 6.26 Å². The van der Waals surface area contributed by atoms with E-state index in [0.29, 0.717) is 11.6 Å². The van der Waals surface area contributed by atoms with E-state index in [1.165, 1.54) is 6.42 Å². The second kappa shape index (κ2) is 5.06. The number of likely N-dealkylation sites (tertiary alicyclic amines) is 1. The summed E-state index contributed by atoms with van der Waals surface area (Å²) in [5, 5.41) is 7.34. The fraction of sp³-hybridized carbons (Fsp3) is 0.500. The first-order chi connectivity index (χ1) is 10.3. The van der Waals surface area contributed by atoms with Gasteiger partial charge in [-0.15, -0.1) is 0 Å². The largest absolute Gasteiger partial charge is 0.469 e. The number of rotatable bonds is 2. The smallest absolute Gasteiger partial charge is 0.274 e. The number of carbonyl (C=O) groups is 1. The molecule has 0 radical (unpaired) electrons. The lowest BCUT2D eigenvalue weighted by Gasteiger charge is -2.17. The van der Waals surface area contributed by atoms with Crippen molar-refractivity contribution in [2.24, 2.45) is 0 Å². The molecule has 2 aliphatic rings. The molecule has 1 aliphatic carbocycles. The molecule has 2 aromatic heterocycles. The summed E-state index contributed by atoms with van der Waals surface area (Å²) < 4.78 is 5.47. The third-order valence-electron chi connectivity index (χ3n) is 4.68. The Morgan fingerprint density at radius 2 is 2.29 bits per heavy atom. The predicted molar refractivity (Wildman–Crippen MR) is 77.2 cm³/mol. The van der Waals surface area contributed by atoms with Crippen molar-refractivity contribution in [2.45, 2.75) is 38.0 Å². The van der Waals surface area contributed by atoms with Crippen molar-refractivity contribution in [1.29, 1.82) is 0 Å². The quantitative estimate of drug-likeness (QED) is 0.922. The summed E-state index contributed by atoms with van der Waals surface area (Å²) in [6.45, 7) is 1.51. The molecule has 0 saturated carbocycles. The molecule has 1 atom stereocenters. The third-order valence-corrected chi connectivity index (χ3v) is 4.68. The van der Waals surface area contributed by atoms with E-state index in [1.807, 2.05) is 17.0 Å². The van der Waals surface area contributed by atoms with Crippen molar-refractivity contribution in [3.8, 4) is 0 Å². The molecular formula is C16H19N3O2. The van der Waals surface area contributed by atoms with Crippen LogP contribution in [0.25, 0.3) is 0 Å². The van der Waals surface area contributed by atoms with Crippen LogP contribution in [0.15, 0.2) is 22.8 Å². The monoisotopic (exact) mass is 285 g/mol. The summed E-state index contributed by atoms with van der Waals surface area (Å²) in [7, 11) is 0. The molecule has 1 unspecified atom stereocenters. The van der Waals surface area contributed by atoms with E-state index in [-0.39, 0.29) is 5.91 Å². The maximum Gasteiger partial charge on any atom is 0.274 e. The lowest BCUT2D eigenvalue weighted by Crippen LogP contribution is -2.29. The van der Waals surface area contributed by atoms with Gasteiger partial charge in [0.25, 0.3) is 5.91 Å². The molecule has 1 saturated heterocycles. The number of carbonyl (C=O) groups excluding carboxylic acids is 1. The number of furan rings is 1. The van der Waals surface area contributed by atoms with Crippen molar-refractivity contribution in [2.75, 3.05) is 13.1 Å². The summed E-state index contributed by atoms with van der Waals surface area (Å²) in [5.74, 6) is 1.37. The topological polar surface area (TPSA) is 62.1 Å². The van der Waals surface area contributed by atoms with Gasteiger partial charge in [-0.3, -0.25) is 9.89 Å². The normalized spacial score (nSPS) is 21.5. The first kappa shape index (κ1) is 12.7. The molecule has 0 spiro atoms. The fourth-order valence-corrected chi connectivity index (χ4v) is 3.51. The Hall–Kier alpha value is -2.04. The number of H-pyrrole nitrogens is 1. The number of amides is 1. The fourth-order valence-electron chi connectivity index (χ4n) is 3.51. The molecule has 0 bridgehead atoms. The van der Waals surface area contributed by atoms with Gasteiger partial charge in [0.1, 0.15) is 5.76 Å². The molecule has 5 nitrogen and oxygen atoms in total. The molecule has 4 rings (SSSR count). The lowest BCUT2D eigenvalue weighted by molar-refractivity contribution is 0.0783. The summed E-state index contributed by atoms with van der Waals surface area (Å²) in [5.41, 5.74) is 2.95. The zero-order chi connectivity index (χ0) is 14.2. The highest BCUT2D eigenvalue weighted by molar-refractivity contribution is 5.94. The van der Waals surface area contributed by atoms with Crippen LogP contribution in [0.5, 0.6) is 0 Å². The van der Waals surface area contributed by atoms with E-state index in [2.05, 4.69) is 10.2 Å². The van der Waals surface area contributed by atoms with Crippen molar-refractivity contribution < 1.29 is 9.21 Å². The molecule has 1 N–H and O–H groups in total. The Balaban J connectivity index is 1.52. The van der Waals surface area contributed by atoms with Gasteiger partial charge in [-0.1, -0.05) is 0 Å². The Morgan fingerprint density at radius 3 is 3.14 bits per heavy atom. The minimum atomic E-state index is 0.0726. The van der Waals surface area contributed by atoms with Crippen LogP contribution in [0.4, 0.5) is 0 Å². The molecule has 5 heteroatoms. The van der Waals surface area contributed by atoms with Crippen molar-refractivity contribution in [3.05, 3.63) is 41.1 Å². The van der Waals surface area contributed by atoms with E-state index in [0.717, 1.165) is 55.8 Å². The minimum absolute atomic E-state index is 0.0726. The number of hydrogen-bond acceptors (Lipinski definition) is 3. The molecule has 1 amide bonds. The molecule has 2 aromatic rings. The van der Waals surface area contributed by atoms with Crippen LogP contribution < -0.4 is 0 Å². The van der Waals surface area contributed by atoms with Gasteiger partial charge in [-0.25, -0.2) is 0 Å². The summed E-state index contributed by atoms with van der Waals surface area (Å²) >= 11 is 0. The molecule has 1 fully saturated rings. The molecule has 0 aromatic carbocycles. The number of fused-ring (bicyclic) bond motifs is 1. The Morgan fingerprint density at radius 1 is 1.38 bits per heavy atom. The molecule has 21 heavy (non-hydrogen) atoms. The van der Waals surface area contributed by atoms with Crippen LogP contribution in [-0.2, 0) is 12.8 Å². The maximum atomic E-state index is 12.7. The zero-order valence-corrected chi connectivity index (χ0v) is 12.0. The Kier molecular flexibility index (Phi) is 3.05. The molecule has 3 heterocycles. The van der Waals surface area contributed by atoms with E-state index in [1.54, 1.807) is 6.26 Å². The lowest BCUT2D eigenvalue weighted by atomic mass is 9.95. The Bertz CT molecular complexity index is 645. The molecule has 1 aliphatic heterocycles. The van der Waals surface area contributed by atoms with E-state index in [4.69, 9.17) is 4.42 Å². The van der Waals surface area contributed by atoms with Gasteiger partial charge >= 0.3 is 0 Å². The average molecular weight is 285 g/mol. The van der Waals surface area contributed by atoms with Crippen LogP contribution in [-0.4, -0.2) is 34.1 Å². The Labute approximate surface area is 123 Å². The first-order valence-corrected chi connectivity index (χ1v) is 7.71. The summed E-state index contributed by atoms with van der Waals surface area (Å²) in [6.07, 6.45) is 7.00. The van der Waals surface area contributed by atoms with Crippen molar-refractivity contribution >= 4 is 5.91 Å². The maximum absolute atomic E-state index is 12.7. The SMILES string of the molecule is O=C(c1n[nH]c2c1CCCC2)N1CCC(c2ccco2)C1. The van der Waals surface area contributed by atoms with Crippen molar-refractivity contribution in [1.82, 2.24) is 15.1 Å². The van der Waals surface area contributed by atoms with E-state index in [9.17, 15) is 4.79 Å². The summed E-state index contributed by atoms with van der Waals surface area (Å²) in [6, 6.07) is 3.90. The third kappa shape index (κ3) is 2.17. The standard InChI is InChI=1S/C16H19N3O2/c20-16(15-12-4-1-2-5-13(12)17-18-15)19-8-7-11(10-19)14-6-3-9-21-14/h3,6,9,11H,1-2,4-5,7-8,10H2,(H,17,18). The highest BCUT2D eigenvalue weighted by atomic mass is 16.3. The van der Waals surface area contributed by atoms with Gasteiger partial charge in [0.2, 0.25) is 0 Å².